The number of aromatic nitrogens is 2. The molecular weight excluding hydrogens is 308 g/mol. The molecule has 0 bridgehead atoms. The number of nitrogens with zero attached hydrogens (tertiary/aromatic N) is 2. The molecule has 0 saturated carbocycles. The van der Waals surface area contributed by atoms with Crippen LogP contribution in [0.5, 0.6) is 0 Å². The highest BCUT2D eigenvalue weighted by Crippen LogP contribution is 2.12. The predicted molar refractivity (Wildman–Crippen MR) is 78.3 cm³/mol. The van der Waals surface area contributed by atoms with Gasteiger partial charge < -0.3 is 15.0 Å². The lowest BCUT2D eigenvalue weighted by Gasteiger charge is -2.09. The largest absolute Gasteiger partial charge is 0.338 e. The van der Waals surface area contributed by atoms with E-state index in [-0.39, 0.29) is 12.1 Å². The second kappa shape index (κ2) is 6.06. The van der Waals surface area contributed by atoms with Crippen molar-refractivity contribution in [2.24, 2.45) is 0 Å². The molecule has 2 aromatic rings. The lowest BCUT2D eigenvalue weighted by molar-refractivity contribution is 0.238. The van der Waals surface area contributed by atoms with Crippen LogP contribution in [0.3, 0.4) is 0 Å². The van der Waals surface area contributed by atoms with Gasteiger partial charge >= 0.3 is 6.03 Å². The molecule has 2 amide bonds. The van der Waals surface area contributed by atoms with E-state index in [9.17, 15) is 4.79 Å². The van der Waals surface area contributed by atoms with E-state index in [4.69, 9.17) is 0 Å². The summed E-state index contributed by atoms with van der Waals surface area (Å²) in [6.07, 6.45) is 4.65. The Morgan fingerprint density at radius 2 is 2.21 bits per heavy atom. The van der Waals surface area contributed by atoms with Crippen LogP contribution in [0.15, 0.2) is 29.0 Å². The van der Waals surface area contributed by atoms with Gasteiger partial charge in [-0.2, -0.15) is 0 Å². The molecule has 0 aliphatic carbocycles. The summed E-state index contributed by atoms with van der Waals surface area (Å²) in [6.45, 7) is 4.43. The summed E-state index contributed by atoms with van der Waals surface area (Å²) in [6, 6.07) is 3.92. The summed E-state index contributed by atoms with van der Waals surface area (Å²) in [5.74, 6) is 0. The summed E-state index contributed by atoms with van der Waals surface area (Å²) in [7, 11) is 0. The second-order valence-corrected chi connectivity index (χ2v) is 5.57. The summed E-state index contributed by atoms with van der Waals surface area (Å²) in [4.78, 5) is 15.9. The second-order valence-electron chi connectivity index (χ2n) is 4.65. The van der Waals surface area contributed by atoms with E-state index in [0.717, 1.165) is 15.8 Å². The van der Waals surface area contributed by atoms with Crippen molar-refractivity contribution in [2.75, 3.05) is 6.54 Å². The number of hydrogen-bond acceptors (Lipinski definition) is 2. The molecule has 0 fully saturated rings. The number of carbonyl (C=O) groups excluding carboxylic acids is 1. The Bertz CT molecular complexity index is 579. The molecule has 0 spiro atoms. The highest BCUT2D eigenvalue weighted by molar-refractivity contribution is 9.10. The van der Waals surface area contributed by atoms with Crippen LogP contribution < -0.4 is 10.6 Å². The number of pyridine rings is 1. The number of rotatable bonds is 4. The number of imidazole rings is 1. The smallest absolute Gasteiger partial charge is 0.314 e. The van der Waals surface area contributed by atoms with Gasteiger partial charge in [-0.3, -0.25) is 0 Å². The fraction of sp³-hybridized carbons (Fsp3) is 0.385. The Morgan fingerprint density at radius 1 is 1.42 bits per heavy atom. The molecule has 2 rings (SSSR count). The third kappa shape index (κ3) is 3.96. The van der Waals surface area contributed by atoms with E-state index in [1.807, 2.05) is 42.8 Å². The van der Waals surface area contributed by atoms with Crippen LogP contribution in [0, 0.1) is 0 Å². The van der Waals surface area contributed by atoms with E-state index < -0.39 is 0 Å². The van der Waals surface area contributed by atoms with E-state index in [1.54, 1.807) is 0 Å². The SMILES string of the molecule is CC(C)NC(=O)NCCc1cn2cc(Br)ccc2n1. The number of hydrogen-bond donors (Lipinski definition) is 2. The molecule has 0 atom stereocenters. The van der Waals surface area contributed by atoms with Crippen LogP contribution in [0.1, 0.15) is 19.5 Å². The molecule has 2 heterocycles. The van der Waals surface area contributed by atoms with Crippen molar-refractivity contribution in [3.8, 4) is 0 Å². The fourth-order valence-corrected chi connectivity index (χ4v) is 2.11. The Morgan fingerprint density at radius 3 is 2.95 bits per heavy atom. The molecule has 0 unspecified atom stereocenters. The Labute approximate surface area is 120 Å². The molecule has 2 aromatic heterocycles. The third-order valence-corrected chi connectivity index (χ3v) is 3.02. The van der Waals surface area contributed by atoms with Crippen LogP contribution in [-0.2, 0) is 6.42 Å². The molecule has 6 heteroatoms. The van der Waals surface area contributed by atoms with E-state index in [0.29, 0.717) is 13.0 Å². The first-order valence-corrected chi connectivity index (χ1v) is 7.01. The third-order valence-electron chi connectivity index (χ3n) is 2.55. The topological polar surface area (TPSA) is 58.4 Å². The quantitative estimate of drug-likeness (QED) is 0.906. The van der Waals surface area contributed by atoms with Crippen molar-refractivity contribution in [2.45, 2.75) is 26.3 Å². The average Bonchev–Trinajstić information content (AvgIpc) is 2.69. The van der Waals surface area contributed by atoms with Crippen molar-refractivity contribution in [1.29, 1.82) is 0 Å². The number of urea groups is 1. The maximum absolute atomic E-state index is 11.4. The van der Waals surface area contributed by atoms with Gasteiger partial charge in [0.2, 0.25) is 0 Å². The molecule has 0 aliphatic heterocycles. The number of nitrogens with one attached hydrogen (secondary N) is 2. The van der Waals surface area contributed by atoms with E-state index >= 15 is 0 Å². The first-order chi connectivity index (χ1) is 9.04. The van der Waals surface area contributed by atoms with Gasteiger partial charge in [0.05, 0.1) is 5.69 Å². The summed E-state index contributed by atoms with van der Waals surface area (Å²) in [5, 5.41) is 5.59. The van der Waals surface area contributed by atoms with Gasteiger partial charge in [-0.1, -0.05) is 0 Å². The molecule has 0 aromatic carbocycles. The minimum Gasteiger partial charge on any atom is -0.338 e. The molecule has 0 saturated heterocycles. The molecular formula is C13H17BrN4O. The highest BCUT2D eigenvalue weighted by Gasteiger charge is 2.04. The van der Waals surface area contributed by atoms with Crippen molar-refractivity contribution < 1.29 is 4.79 Å². The Balaban J connectivity index is 1.89. The molecule has 0 radical (unpaired) electrons. The number of carbonyl (C=O) groups is 1. The fourth-order valence-electron chi connectivity index (χ4n) is 1.75. The maximum Gasteiger partial charge on any atom is 0.314 e. The van der Waals surface area contributed by atoms with Gasteiger partial charge in [-0.25, -0.2) is 9.78 Å². The van der Waals surface area contributed by atoms with Gasteiger partial charge in [0.15, 0.2) is 0 Å². The molecule has 5 nitrogen and oxygen atoms in total. The monoisotopic (exact) mass is 324 g/mol. The van der Waals surface area contributed by atoms with Crippen LogP contribution in [0.2, 0.25) is 0 Å². The van der Waals surface area contributed by atoms with Crippen LogP contribution in [0.4, 0.5) is 4.79 Å². The molecule has 2 N–H and O–H groups in total. The van der Waals surface area contributed by atoms with Gasteiger partial charge in [0, 0.05) is 35.9 Å². The highest BCUT2D eigenvalue weighted by atomic mass is 79.9. The van der Waals surface area contributed by atoms with Gasteiger partial charge in [0.1, 0.15) is 5.65 Å². The first kappa shape index (κ1) is 13.9. The van der Waals surface area contributed by atoms with Gasteiger partial charge in [0.25, 0.3) is 0 Å². The van der Waals surface area contributed by atoms with Gasteiger partial charge in [-0.15, -0.1) is 0 Å². The van der Waals surface area contributed by atoms with Crippen LogP contribution >= 0.6 is 15.9 Å². The zero-order valence-electron chi connectivity index (χ0n) is 11.0. The van der Waals surface area contributed by atoms with Gasteiger partial charge in [-0.05, 0) is 41.9 Å². The summed E-state index contributed by atoms with van der Waals surface area (Å²) in [5.41, 5.74) is 1.87. The molecule has 0 aliphatic rings. The van der Waals surface area contributed by atoms with Crippen LogP contribution in [0.25, 0.3) is 5.65 Å². The summed E-state index contributed by atoms with van der Waals surface area (Å²) >= 11 is 3.42. The number of fused-ring (bicyclic) bond motifs is 1. The van der Waals surface area contributed by atoms with Crippen molar-refractivity contribution in [1.82, 2.24) is 20.0 Å². The number of halogens is 1. The lowest BCUT2D eigenvalue weighted by atomic mass is 10.3. The normalized spacial score (nSPS) is 10.9. The maximum atomic E-state index is 11.4. The minimum absolute atomic E-state index is 0.137. The van der Waals surface area contributed by atoms with Crippen LogP contribution in [-0.4, -0.2) is 28.0 Å². The van der Waals surface area contributed by atoms with E-state index in [1.165, 1.54) is 0 Å². The average molecular weight is 325 g/mol. The van der Waals surface area contributed by atoms with Crippen molar-refractivity contribution in [3.63, 3.8) is 0 Å². The standard InChI is InChI=1S/C13H17BrN4O/c1-9(2)16-13(19)15-6-5-11-8-18-7-10(14)3-4-12(18)17-11/h3-4,7-9H,5-6H2,1-2H3,(H2,15,16,19). The zero-order chi connectivity index (χ0) is 13.8. The molecule has 19 heavy (non-hydrogen) atoms. The van der Waals surface area contributed by atoms with E-state index in [2.05, 4.69) is 31.5 Å². The molecule has 102 valence electrons. The Hall–Kier alpha value is -1.56. The van der Waals surface area contributed by atoms with Crippen molar-refractivity contribution in [3.05, 3.63) is 34.7 Å². The zero-order valence-corrected chi connectivity index (χ0v) is 12.6. The summed E-state index contributed by atoms with van der Waals surface area (Å²) < 4.78 is 2.98. The predicted octanol–water partition coefficient (Wildman–Crippen LogP) is 2.35. The lowest BCUT2D eigenvalue weighted by Crippen LogP contribution is -2.40. The minimum atomic E-state index is -0.137. The first-order valence-electron chi connectivity index (χ1n) is 6.22. The Kier molecular flexibility index (Phi) is 4.42. The van der Waals surface area contributed by atoms with Crippen molar-refractivity contribution >= 4 is 27.6 Å². The number of amides is 2.